The van der Waals surface area contributed by atoms with E-state index in [0.29, 0.717) is 6.04 Å². The summed E-state index contributed by atoms with van der Waals surface area (Å²) in [5.74, 6) is -0.189. The van der Waals surface area contributed by atoms with E-state index in [1.807, 2.05) is 13.8 Å². The molecule has 4 nitrogen and oxygen atoms in total. The summed E-state index contributed by atoms with van der Waals surface area (Å²) in [5.41, 5.74) is -0.363. The molecule has 0 aromatic rings. The number of rotatable bonds is 7. The van der Waals surface area contributed by atoms with Crippen LogP contribution >= 0.6 is 0 Å². The van der Waals surface area contributed by atoms with Gasteiger partial charge in [-0.2, -0.15) is 0 Å². The number of nitrogens with zero attached hydrogens (tertiary/aromatic N) is 1. The number of ether oxygens (including phenoxy) is 1. The van der Waals surface area contributed by atoms with Gasteiger partial charge in [0, 0.05) is 12.6 Å². The molecule has 0 radical (unpaired) electrons. The van der Waals surface area contributed by atoms with Gasteiger partial charge in [-0.15, -0.1) is 0 Å². The second kappa shape index (κ2) is 7.25. The van der Waals surface area contributed by atoms with Crippen molar-refractivity contribution in [3.8, 4) is 0 Å². The molecular formula is C15H32N2O2. The van der Waals surface area contributed by atoms with E-state index >= 15 is 0 Å². The van der Waals surface area contributed by atoms with Crippen LogP contribution in [0, 0.1) is 5.41 Å². The van der Waals surface area contributed by atoms with Crippen molar-refractivity contribution in [3.05, 3.63) is 0 Å². The van der Waals surface area contributed by atoms with Crippen LogP contribution in [0.1, 0.15) is 48.0 Å². The van der Waals surface area contributed by atoms with E-state index in [0.717, 1.165) is 19.5 Å². The van der Waals surface area contributed by atoms with E-state index in [4.69, 9.17) is 4.74 Å². The first kappa shape index (κ1) is 18.4. The number of likely N-dealkylation sites (N-methyl/N-ethyl adjacent to an activating group) is 1. The standard InChI is InChI=1S/C15H32N2O2/c1-9-16-15(6,13(18)19-8)10-12(2)17(7)11-14(3,4)5/h12,16H,9-11H2,1-8H3. The molecule has 0 aromatic heterocycles. The predicted molar refractivity (Wildman–Crippen MR) is 80.3 cm³/mol. The molecule has 0 aliphatic heterocycles. The summed E-state index contributed by atoms with van der Waals surface area (Å²) in [7, 11) is 3.56. The second-order valence-corrected chi connectivity index (χ2v) is 6.88. The van der Waals surface area contributed by atoms with E-state index in [-0.39, 0.29) is 11.4 Å². The molecule has 1 N–H and O–H groups in total. The van der Waals surface area contributed by atoms with Gasteiger partial charge in [-0.05, 0) is 39.3 Å². The van der Waals surface area contributed by atoms with Gasteiger partial charge in [0.05, 0.1) is 7.11 Å². The Balaban J connectivity index is 4.72. The van der Waals surface area contributed by atoms with E-state index in [9.17, 15) is 4.79 Å². The second-order valence-electron chi connectivity index (χ2n) is 6.88. The Morgan fingerprint density at radius 2 is 1.84 bits per heavy atom. The average Bonchev–Trinajstić information content (AvgIpc) is 2.25. The van der Waals surface area contributed by atoms with Crippen molar-refractivity contribution >= 4 is 5.97 Å². The largest absolute Gasteiger partial charge is 0.468 e. The van der Waals surface area contributed by atoms with Crippen molar-refractivity contribution in [1.82, 2.24) is 10.2 Å². The smallest absolute Gasteiger partial charge is 0.325 e. The van der Waals surface area contributed by atoms with Gasteiger partial charge in [0.25, 0.3) is 0 Å². The Hall–Kier alpha value is -0.610. The molecule has 4 heteroatoms. The van der Waals surface area contributed by atoms with Crippen LogP contribution in [0.3, 0.4) is 0 Å². The quantitative estimate of drug-likeness (QED) is 0.722. The van der Waals surface area contributed by atoms with Gasteiger partial charge in [-0.1, -0.05) is 27.7 Å². The zero-order valence-electron chi connectivity index (χ0n) is 14.0. The fourth-order valence-corrected chi connectivity index (χ4v) is 2.49. The Morgan fingerprint density at radius 1 is 1.32 bits per heavy atom. The highest BCUT2D eigenvalue weighted by atomic mass is 16.5. The lowest BCUT2D eigenvalue weighted by Crippen LogP contribution is -2.54. The minimum Gasteiger partial charge on any atom is -0.468 e. The topological polar surface area (TPSA) is 41.6 Å². The third-order valence-corrected chi connectivity index (χ3v) is 3.38. The first-order valence-corrected chi connectivity index (χ1v) is 7.09. The van der Waals surface area contributed by atoms with Crippen molar-refractivity contribution < 1.29 is 9.53 Å². The summed E-state index contributed by atoms with van der Waals surface area (Å²) >= 11 is 0. The van der Waals surface area contributed by atoms with Crippen LogP contribution in [0.2, 0.25) is 0 Å². The van der Waals surface area contributed by atoms with Crippen molar-refractivity contribution in [2.75, 3.05) is 27.2 Å². The van der Waals surface area contributed by atoms with E-state index in [2.05, 4.69) is 45.0 Å². The molecule has 0 spiro atoms. The molecule has 0 rings (SSSR count). The highest BCUT2D eigenvalue weighted by Gasteiger charge is 2.36. The minimum atomic E-state index is -0.616. The molecule has 0 aliphatic carbocycles. The summed E-state index contributed by atoms with van der Waals surface area (Å²) in [5, 5.41) is 3.26. The third kappa shape index (κ3) is 6.39. The van der Waals surface area contributed by atoms with Gasteiger partial charge >= 0.3 is 5.97 Å². The van der Waals surface area contributed by atoms with Crippen molar-refractivity contribution in [1.29, 1.82) is 0 Å². The summed E-state index contributed by atoms with van der Waals surface area (Å²) in [6.07, 6.45) is 0.736. The molecule has 2 unspecified atom stereocenters. The lowest BCUT2D eigenvalue weighted by molar-refractivity contribution is -0.148. The summed E-state index contributed by atoms with van der Waals surface area (Å²) < 4.78 is 4.93. The molecule has 19 heavy (non-hydrogen) atoms. The lowest BCUT2D eigenvalue weighted by atomic mass is 9.90. The third-order valence-electron chi connectivity index (χ3n) is 3.38. The molecule has 0 amide bonds. The van der Waals surface area contributed by atoms with Gasteiger partial charge in [-0.3, -0.25) is 4.79 Å². The van der Waals surface area contributed by atoms with Crippen LogP contribution in [0.4, 0.5) is 0 Å². The average molecular weight is 272 g/mol. The Morgan fingerprint density at radius 3 is 2.21 bits per heavy atom. The monoisotopic (exact) mass is 272 g/mol. The van der Waals surface area contributed by atoms with Crippen molar-refractivity contribution in [2.24, 2.45) is 5.41 Å². The van der Waals surface area contributed by atoms with Crippen LogP contribution in [-0.2, 0) is 9.53 Å². The number of carbonyl (C=O) groups excluding carboxylic acids is 1. The SMILES string of the molecule is CCNC(C)(CC(C)N(C)CC(C)(C)C)C(=O)OC. The van der Waals surface area contributed by atoms with Crippen LogP contribution < -0.4 is 5.32 Å². The predicted octanol–water partition coefficient (Wildman–Crippen LogP) is 2.28. The molecule has 2 atom stereocenters. The number of esters is 1. The Labute approximate surface area is 118 Å². The van der Waals surface area contributed by atoms with Gasteiger partial charge < -0.3 is 15.0 Å². The number of nitrogens with one attached hydrogen (secondary N) is 1. The maximum Gasteiger partial charge on any atom is 0.325 e. The van der Waals surface area contributed by atoms with E-state index in [1.165, 1.54) is 7.11 Å². The number of methoxy groups -OCH3 is 1. The van der Waals surface area contributed by atoms with Gasteiger partial charge in [0.1, 0.15) is 5.54 Å². The summed E-state index contributed by atoms with van der Waals surface area (Å²) in [6.45, 7) is 14.5. The van der Waals surface area contributed by atoms with Crippen molar-refractivity contribution in [2.45, 2.75) is 59.5 Å². The van der Waals surface area contributed by atoms with Gasteiger partial charge in [0.2, 0.25) is 0 Å². The zero-order chi connectivity index (χ0) is 15.3. The number of hydrogen-bond donors (Lipinski definition) is 1. The molecule has 0 aromatic carbocycles. The zero-order valence-corrected chi connectivity index (χ0v) is 14.0. The lowest BCUT2D eigenvalue weighted by Gasteiger charge is -2.36. The molecule has 0 saturated heterocycles. The normalized spacial score (nSPS) is 17.1. The van der Waals surface area contributed by atoms with Gasteiger partial charge in [-0.25, -0.2) is 0 Å². The van der Waals surface area contributed by atoms with Crippen LogP contribution in [-0.4, -0.2) is 49.7 Å². The molecular weight excluding hydrogens is 240 g/mol. The Kier molecular flexibility index (Phi) is 7.01. The van der Waals surface area contributed by atoms with E-state index in [1.54, 1.807) is 0 Å². The molecule has 0 fully saturated rings. The van der Waals surface area contributed by atoms with Crippen LogP contribution in [0.5, 0.6) is 0 Å². The van der Waals surface area contributed by atoms with Crippen molar-refractivity contribution in [3.63, 3.8) is 0 Å². The maximum absolute atomic E-state index is 12.0. The molecule has 0 aliphatic rings. The van der Waals surface area contributed by atoms with Crippen LogP contribution in [0.15, 0.2) is 0 Å². The fourth-order valence-electron chi connectivity index (χ4n) is 2.49. The minimum absolute atomic E-state index is 0.189. The molecule has 0 heterocycles. The van der Waals surface area contributed by atoms with Gasteiger partial charge in [0.15, 0.2) is 0 Å². The van der Waals surface area contributed by atoms with Crippen LogP contribution in [0.25, 0.3) is 0 Å². The number of hydrogen-bond acceptors (Lipinski definition) is 4. The number of carbonyl (C=O) groups is 1. The first-order valence-electron chi connectivity index (χ1n) is 7.09. The van der Waals surface area contributed by atoms with E-state index < -0.39 is 5.54 Å². The molecule has 0 bridgehead atoms. The molecule has 0 saturated carbocycles. The highest BCUT2D eigenvalue weighted by molar-refractivity contribution is 5.80. The Bertz CT molecular complexity index is 286. The fraction of sp³-hybridized carbons (Fsp3) is 0.933. The molecule has 114 valence electrons. The maximum atomic E-state index is 12.0. The first-order chi connectivity index (χ1) is 8.55. The highest BCUT2D eigenvalue weighted by Crippen LogP contribution is 2.21. The summed E-state index contributed by atoms with van der Waals surface area (Å²) in [6, 6.07) is 0.308. The summed E-state index contributed by atoms with van der Waals surface area (Å²) in [4.78, 5) is 14.3.